The summed E-state index contributed by atoms with van der Waals surface area (Å²) in [5, 5.41) is 1.05. The lowest BCUT2D eigenvalue weighted by Crippen LogP contribution is -2.44. The van der Waals surface area contributed by atoms with Crippen molar-refractivity contribution in [3.05, 3.63) is 107 Å². The second-order valence-corrected chi connectivity index (χ2v) is 11.3. The smallest absolute Gasteiger partial charge is 0.383 e. The van der Waals surface area contributed by atoms with Gasteiger partial charge in [-0.1, -0.05) is 68.7 Å². The highest BCUT2D eigenvalue weighted by Gasteiger charge is 2.30. The molecule has 1 aromatic heterocycles. The molecule has 0 aliphatic heterocycles. The van der Waals surface area contributed by atoms with E-state index >= 15 is 0 Å². The van der Waals surface area contributed by atoms with E-state index in [-0.39, 0.29) is 38.1 Å². The van der Waals surface area contributed by atoms with E-state index < -0.39 is 11.7 Å². The topological polar surface area (TPSA) is 65.6 Å². The van der Waals surface area contributed by atoms with E-state index in [1.54, 1.807) is 17.0 Å². The van der Waals surface area contributed by atoms with Gasteiger partial charge in [0.25, 0.3) is 5.91 Å². The van der Waals surface area contributed by atoms with Crippen LogP contribution in [0.25, 0.3) is 10.9 Å². The van der Waals surface area contributed by atoms with Gasteiger partial charge >= 0.3 is 6.18 Å². The van der Waals surface area contributed by atoms with Crippen molar-refractivity contribution in [2.45, 2.75) is 58.2 Å². The number of fused-ring (bicyclic) bond motifs is 1. The van der Waals surface area contributed by atoms with E-state index in [0.717, 1.165) is 41.4 Å². The molecule has 240 valence electrons. The Hall–Kier alpha value is -4.11. The average Bonchev–Trinajstić information content (AvgIpc) is 3.46. The van der Waals surface area contributed by atoms with Gasteiger partial charge in [0.15, 0.2) is 0 Å². The molecule has 0 unspecified atom stereocenters. The minimum Gasteiger partial charge on any atom is -0.383 e. The summed E-state index contributed by atoms with van der Waals surface area (Å²) in [5.74, 6) is -0.573. The van der Waals surface area contributed by atoms with Crippen molar-refractivity contribution in [1.82, 2.24) is 14.8 Å². The van der Waals surface area contributed by atoms with Crippen molar-refractivity contribution in [3.63, 3.8) is 0 Å². The highest BCUT2D eigenvalue weighted by molar-refractivity contribution is 5.96. The molecule has 0 spiro atoms. The Morgan fingerprint density at radius 2 is 1.53 bits per heavy atom. The van der Waals surface area contributed by atoms with Crippen LogP contribution in [0.3, 0.4) is 0 Å². The Bertz CT molecular complexity index is 1510. The third-order valence-electron chi connectivity index (χ3n) is 8.03. The summed E-state index contributed by atoms with van der Waals surface area (Å²) in [7, 11) is 1.54. The third-order valence-corrected chi connectivity index (χ3v) is 8.03. The van der Waals surface area contributed by atoms with E-state index in [1.807, 2.05) is 42.6 Å². The lowest BCUT2D eigenvalue weighted by molar-refractivity contribution is -0.137. The molecule has 9 heteroatoms. The highest BCUT2D eigenvalue weighted by Crippen LogP contribution is 2.29. The first kappa shape index (κ1) is 33.8. The van der Waals surface area contributed by atoms with Gasteiger partial charge in [-0.25, -0.2) is 0 Å². The zero-order valence-electron chi connectivity index (χ0n) is 26.0. The van der Waals surface area contributed by atoms with Gasteiger partial charge in [-0.2, -0.15) is 13.2 Å². The quantitative estimate of drug-likeness (QED) is 0.131. The summed E-state index contributed by atoms with van der Waals surface area (Å²) in [5.41, 5.74) is 3.49. The van der Waals surface area contributed by atoms with Gasteiger partial charge in [-0.15, -0.1) is 0 Å². The van der Waals surface area contributed by atoms with Crippen molar-refractivity contribution >= 4 is 22.7 Å². The van der Waals surface area contributed by atoms with Crippen molar-refractivity contribution in [3.8, 4) is 0 Å². The monoisotopic (exact) mass is 621 g/mol. The van der Waals surface area contributed by atoms with Crippen molar-refractivity contribution in [2.75, 3.05) is 33.4 Å². The van der Waals surface area contributed by atoms with Crippen LogP contribution in [0.1, 0.15) is 65.2 Å². The maximum atomic E-state index is 13.8. The van der Waals surface area contributed by atoms with Crippen LogP contribution in [0.5, 0.6) is 0 Å². The number of carbonyl (C=O) groups is 2. The number of halogens is 3. The molecular weight excluding hydrogens is 579 g/mol. The Kier molecular flexibility index (Phi) is 12.2. The molecule has 1 N–H and O–H groups in total. The number of H-pyrrole nitrogens is 1. The van der Waals surface area contributed by atoms with Gasteiger partial charge in [0.1, 0.15) is 6.54 Å². The van der Waals surface area contributed by atoms with E-state index in [2.05, 4.69) is 11.9 Å². The largest absolute Gasteiger partial charge is 0.416 e. The lowest BCUT2D eigenvalue weighted by Gasteiger charge is -2.28. The number of aryl methyl sites for hydroxylation is 1. The van der Waals surface area contributed by atoms with Gasteiger partial charge in [0.05, 0.1) is 12.2 Å². The molecule has 1 heterocycles. The first-order valence-corrected chi connectivity index (χ1v) is 15.6. The first-order chi connectivity index (χ1) is 21.7. The minimum atomic E-state index is -4.45. The molecule has 2 amide bonds. The number of carbonyl (C=O) groups excluding carboxylic acids is 2. The Morgan fingerprint density at radius 1 is 0.822 bits per heavy atom. The number of nitrogens with one attached hydrogen (secondary N) is 1. The molecule has 45 heavy (non-hydrogen) atoms. The van der Waals surface area contributed by atoms with Gasteiger partial charge in [0, 0.05) is 49.4 Å². The van der Waals surface area contributed by atoms with Crippen LogP contribution >= 0.6 is 0 Å². The van der Waals surface area contributed by atoms with Gasteiger partial charge < -0.3 is 19.5 Å². The fourth-order valence-electron chi connectivity index (χ4n) is 5.37. The molecule has 6 nitrogen and oxygen atoms in total. The Morgan fingerprint density at radius 3 is 2.22 bits per heavy atom. The summed E-state index contributed by atoms with van der Waals surface area (Å²) >= 11 is 0. The molecule has 0 bridgehead atoms. The number of aromatic amines is 1. The minimum absolute atomic E-state index is 0.109. The summed E-state index contributed by atoms with van der Waals surface area (Å²) in [6.45, 7) is 2.89. The molecule has 0 saturated carbocycles. The van der Waals surface area contributed by atoms with Crippen LogP contribution in [0.15, 0.2) is 79.0 Å². The highest BCUT2D eigenvalue weighted by atomic mass is 19.4. The molecule has 0 atom stereocenters. The zero-order chi connectivity index (χ0) is 32.2. The number of para-hydroxylation sites is 1. The molecule has 0 aliphatic carbocycles. The third kappa shape index (κ3) is 9.69. The number of rotatable bonds is 16. The second-order valence-electron chi connectivity index (χ2n) is 11.3. The van der Waals surface area contributed by atoms with Gasteiger partial charge in [-0.05, 0) is 66.3 Å². The van der Waals surface area contributed by atoms with Crippen LogP contribution in [0, 0.1) is 0 Å². The van der Waals surface area contributed by atoms with Crippen LogP contribution < -0.4 is 0 Å². The molecule has 3 aromatic carbocycles. The van der Waals surface area contributed by atoms with E-state index in [4.69, 9.17) is 4.74 Å². The first-order valence-electron chi connectivity index (χ1n) is 15.6. The van der Waals surface area contributed by atoms with Gasteiger partial charge in [0.2, 0.25) is 5.91 Å². The number of nitrogens with zero attached hydrogens (tertiary/aromatic N) is 2. The predicted molar refractivity (Wildman–Crippen MR) is 171 cm³/mol. The van der Waals surface area contributed by atoms with Crippen molar-refractivity contribution < 1.29 is 27.5 Å². The predicted octanol–water partition coefficient (Wildman–Crippen LogP) is 7.67. The zero-order valence-corrected chi connectivity index (χ0v) is 26.0. The summed E-state index contributed by atoms with van der Waals surface area (Å²) in [6.07, 6.45) is 3.60. The fraction of sp³-hybridized carbons (Fsp3) is 0.389. The average molecular weight is 622 g/mol. The number of hydrogen-bond donors (Lipinski definition) is 1. The number of hydrogen-bond acceptors (Lipinski definition) is 3. The fourth-order valence-corrected chi connectivity index (χ4v) is 5.37. The molecular formula is C36H42F3N3O3. The van der Waals surface area contributed by atoms with Gasteiger partial charge in [-0.3, -0.25) is 9.59 Å². The van der Waals surface area contributed by atoms with Crippen LogP contribution in [0.2, 0.25) is 0 Å². The second kappa shape index (κ2) is 16.3. The number of alkyl halides is 3. The standard InChI is InChI=1S/C36H42F3N3O3/c1-3-4-5-6-9-27-12-16-29(17-13-27)35(44)42(22-23-45-2)26-34(43)41(25-28-14-18-31(19-15-28)36(37,38)39)21-20-30-24-40-33-11-8-7-10-32(30)33/h7-8,10-19,24,40H,3-6,9,20-23,25-26H2,1-2H3. The Balaban J connectivity index is 1.51. The van der Waals surface area contributed by atoms with E-state index in [1.165, 1.54) is 49.0 Å². The van der Waals surface area contributed by atoms with E-state index in [9.17, 15) is 22.8 Å². The SMILES string of the molecule is CCCCCCc1ccc(C(=O)N(CCOC)CC(=O)N(CCc2c[nH]c3ccccc23)Cc2ccc(C(F)(F)F)cc2)cc1. The number of amides is 2. The molecule has 0 fully saturated rings. The van der Waals surface area contributed by atoms with Crippen LogP contribution in [-0.4, -0.2) is 59.9 Å². The molecule has 0 saturated heterocycles. The number of benzene rings is 3. The molecule has 0 radical (unpaired) electrons. The Labute approximate surface area is 263 Å². The lowest BCUT2D eigenvalue weighted by atomic mass is 10.0. The number of unbranched alkanes of at least 4 members (excludes halogenated alkanes) is 3. The van der Waals surface area contributed by atoms with E-state index in [0.29, 0.717) is 24.1 Å². The maximum absolute atomic E-state index is 13.8. The maximum Gasteiger partial charge on any atom is 0.416 e. The molecule has 4 aromatic rings. The number of methoxy groups -OCH3 is 1. The molecule has 4 rings (SSSR count). The summed E-state index contributed by atoms with van der Waals surface area (Å²) in [6, 6.07) is 20.3. The number of aromatic nitrogens is 1. The van der Waals surface area contributed by atoms with Crippen LogP contribution in [-0.2, 0) is 35.1 Å². The summed E-state index contributed by atoms with van der Waals surface area (Å²) in [4.78, 5) is 33.8. The van der Waals surface area contributed by atoms with Crippen molar-refractivity contribution in [2.24, 2.45) is 0 Å². The summed E-state index contributed by atoms with van der Waals surface area (Å²) < 4.78 is 44.7. The van der Waals surface area contributed by atoms with Crippen LogP contribution in [0.4, 0.5) is 13.2 Å². The van der Waals surface area contributed by atoms with Crippen molar-refractivity contribution in [1.29, 1.82) is 0 Å². The molecule has 0 aliphatic rings. The number of ether oxygens (including phenoxy) is 1. The normalized spacial score (nSPS) is 11.6.